The molecule has 2 N–H and O–H groups in total. The lowest BCUT2D eigenvalue weighted by Crippen LogP contribution is -1.98. The zero-order chi connectivity index (χ0) is 50.5. The van der Waals surface area contributed by atoms with Gasteiger partial charge in [0.05, 0.1) is 31.2 Å². The van der Waals surface area contributed by atoms with E-state index in [2.05, 4.69) is 20.8 Å². The first kappa shape index (κ1) is 61.3. The number of nitrogens with zero attached hydrogens (tertiary/aromatic N) is 2. The van der Waals surface area contributed by atoms with E-state index in [4.69, 9.17) is 24.2 Å². The summed E-state index contributed by atoms with van der Waals surface area (Å²) in [7, 11) is 0. The number of hydrogen-bond donors (Lipinski definition) is 2. The topological polar surface area (TPSA) is 92.9 Å². The Kier molecular flexibility index (Phi) is 37.6. The monoisotopic (exact) mass is 981 g/mol. The highest BCUT2D eigenvalue weighted by molar-refractivity contribution is 5.90. The van der Waals surface area contributed by atoms with Crippen LogP contribution in [-0.2, 0) is 0 Å². The van der Waals surface area contributed by atoms with Gasteiger partial charge >= 0.3 is 0 Å². The van der Waals surface area contributed by atoms with Gasteiger partial charge in [0.1, 0.15) is 28.7 Å². The normalized spacial score (nSPS) is 11.6. The van der Waals surface area contributed by atoms with E-state index in [9.17, 15) is 10.2 Å². The van der Waals surface area contributed by atoms with Gasteiger partial charge in [-0.1, -0.05) is 245 Å². The van der Waals surface area contributed by atoms with Gasteiger partial charge in [-0.25, -0.2) is 0 Å². The molecule has 3 rings (SSSR count). The van der Waals surface area contributed by atoms with Crippen molar-refractivity contribution in [2.24, 2.45) is 9.98 Å². The number of hydrogen-bond acceptors (Lipinski definition) is 7. The Morgan fingerprint density at radius 2 is 0.563 bits per heavy atom. The van der Waals surface area contributed by atoms with Gasteiger partial charge in [0.15, 0.2) is 0 Å². The highest BCUT2D eigenvalue weighted by Gasteiger charge is 2.08. The van der Waals surface area contributed by atoms with Crippen molar-refractivity contribution in [3.05, 3.63) is 65.7 Å². The van der Waals surface area contributed by atoms with Gasteiger partial charge in [0, 0.05) is 41.8 Å². The number of ether oxygens (including phenoxy) is 3. The van der Waals surface area contributed by atoms with E-state index in [0.717, 1.165) is 31.4 Å². The number of aromatic hydroxyl groups is 2. The molecular formula is C64H104N2O5. The van der Waals surface area contributed by atoms with Crippen molar-refractivity contribution in [3.8, 4) is 28.7 Å². The molecule has 0 bridgehead atoms. The van der Waals surface area contributed by atoms with E-state index in [-0.39, 0.29) is 11.5 Å². The van der Waals surface area contributed by atoms with Gasteiger partial charge in [-0.15, -0.1) is 0 Å². The molecule has 0 atom stereocenters. The smallest absolute Gasteiger partial charge is 0.128 e. The van der Waals surface area contributed by atoms with Crippen LogP contribution in [0.15, 0.2) is 64.6 Å². The summed E-state index contributed by atoms with van der Waals surface area (Å²) in [6.45, 7) is 8.75. The summed E-state index contributed by atoms with van der Waals surface area (Å²) in [6, 6.07) is 16.5. The maximum Gasteiger partial charge on any atom is 0.128 e. The number of unbranched alkanes of at least 4 members (excludes halogenated alkanes) is 35. The average Bonchev–Trinajstić information content (AvgIpc) is 3.37. The molecule has 0 aliphatic carbocycles. The van der Waals surface area contributed by atoms with Gasteiger partial charge in [0.2, 0.25) is 0 Å². The molecule has 0 aromatic heterocycles. The van der Waals surface area contributed by atoms with Crippen molar-refractivity contribution in [2.75, 3.05) is 19.8 Å². The standard InChI is InChI=1S/C64H104N2O5/c1-4-7-10-13-16-19-21-23-25-27-29-31-34-37-40-49-70-59-44-42-56(63(67)52-59)54-65-61-47-46-58(69-48-39-36-33-18-15-12-9-6-3)51-62(61)66-55-57-43-45-60(53-64(57)68)71-50-41-38-35-32-30-28-26-24-22-20-17-14-11-8-5-2/h42-47,51-55,67-68H,4-41,48-50H2,1-3H3. The summed E-state index contributed by atoms with van der Waals surface area (Å²) in [5.41, 5.74) is 2.40. The van der Waals surface area contributed by atoms with Crippen LogP contribution in [0.2, 0.25) is 0 Å². The Hall–Kier alpha value is -4.00. The predicted octanol–water partition coefficient (Wildman–Crippen LogP) is 20.6. The molecular weight excluding hydrogens is 877 g/mol. The number of phenolic OH excluding ortho intramolecular Hbond substituents is 2. The molecule has 0 radical (unpaired) electrons. The SMILES string of the molecule is CCCCCCCCCCCCCCCCCOc1ccc(C=Nc2ccc(OCCCCCCCCCC)cc2N=Cc2ccc(OCCCCCCCCCCCCCCCCC)cc2O)c(O)c1. The molecule has 0 saturated carbocycles. The van der Waals surface area contributed by atoms with Crippen LogP contribution in [0, 0.1) is 0 Å². The van der Waals surface area contributed by atoms with Gasteiger partial charge < -0.3 is 24.4 Å². The quantitative estimate of drug-likeness (QED) is 0.0434. The Labute approximate surface area is 435 Å². The lowest BCUT2D eigenvalue weighted by atomic mass is 10.0. The molecule has 0 fully saturated rings. The molecule has 0 saturated heterocycles. The minimum Gasteiger partial charge on any atom is -0.507 e. The van der Waals surface area contributed by atoms with Crippen molar-refractivity contribution >= 4 is 23.8 Å². The molecule has 400 valence electrons. The minimum absolute atomic E-state index is 0.113. The Balaban J connectivity index is 1.45. The van der Waals surface area contributed by atoms with Gasteiger partial charge in [-0.2, -0.15) is 0 Å². The first-order valence-corrected chi connectivity index (χ1v) is 29.8. The molecule has 7 heteroatoms. The maximum atomic E-state index is 11.0. The lowest BCUT2D eigenvalue weighted by Gasteiger charge is -2.10. The van der Waals surface area contributed by atoms with E-state index in [1.54, 1.807) is 24.6 Å². The van der Waals surface area contributed by atoms with Crippen LogP contribution < -0.4 is 14.2 Å². The fourth-order valence-electron chi connectivity index (χ4n) is 9.28. The summed E-state index contributed by atoms with van der Waals surface area (Å²) < 4.78 is 18.2. The zero-order valence-electron chi connectivity index (χ0n) is 45.9. The Morgan fingerprint density at radius 3 is 0.859 bits per heavy atom. The molecule has 7 nitrogen and oxygen atoms in total. The summed E-state index contributed by atoms with van der Waals surface area (Å²) in [4.78, 5) is 9.58. The van der Waals surface area contributed by atoms with Crippen molar-refractivity contribution in [1.82, 2.24) is 0 Å². The van der Waals surface area contributed by atoms with E-state index in [0.29, 0.717) is 53.8 Å². The summed E-state index contributed by atoms with van der Waals surface area (Å²) in [5.74, 6) is 2.28. The summed E-state index contributed by atoms with van der Waals surface area (Å²) >= 11 is 0. The maximum absolute atomic E-state index is 11.0. The lowest BCUT2D eigenvalue weighted by molar-refractivity contribution is 0.302. The number of benzene rings is 3. The summed E-state index contributed by atoms with van der Waals surface area (Å²) in [5, 5.41) is 21.9. The Bertz CT molecular complexity index is 1770. The van der Waals surface area contributed by atoms with Crippen molar-refractivity contribution in [3.63, 3.8) is 0 Å². The molecule has 0 amide bonds. The van der Waals surface area contributed by atoms with Crippen LogP contribution >= 0.6 is 0 Å². The van der Waals surface area contributed by atoms with E-state index in [1.807, 2.05) is 42.5 Å². The van der Waals surface area contributed by atoms with Crippen LogP contribution in [0.25, 0.3) is 0 Å². The number of phenols is 2. The van der Waals surface area contributed by atoms with Crippen LogP contribution in [0.1, 0.15) is 276 Å². The largest absolute Gasteiger partial charge is 0.507 e. The van der Waals surface area contributed by atoms with Gasteiger partial charge in [-0.05, 0) is 55.7 Å². The van der Waals surface area contributed by atoms with Gasteiger partial charge in [-0.3, -0.25) is 9.98 Å². The van der Waals surface area contributed by atoms with E-state index < -0.39 is 0 Å². The van der Waals surface area contributed by atoms with Gasteiger partial charge in [0.25, 0.3) is 0 Å². The van der Waals surface area contributed by atoms with Crippen LogP contribution in [0.3, 0.4) is 0 Å². The van der Waals surface area contributed by atoms with Crippen LogP contribution in [-0.4, -0.2) is 42.5 Å². The van der Waals surface area contributed by atoms with Crippen molar-refractivity contribution in [2.45, 2.75) is 265 Å². The second kappa shape index (κ2) is 43.6. The number of rotatable bonds is 48. The van der Waals surface area contributed by atoms with Crippen LogP contribution in [0.5, 0.6) is 28.7 Å². The van der Waals surface area contributed by atoms with E-state index in [1.165, 1.54) is 218 Å². The third-order valence-corrected chi connectivity index (χ3v) is 13.9. The second-order valence-corrected chi connectivity index (χ2v) is 20.5. The fourth-order valence-corrected chi connectivity index (χ4v) is 9.28. The molecule has 3 aromatic rings. The molecule has 71 heavy (non-hydrogen) atoms. The first-order chi connectivity index (χ1) is 35.0. The predicted molar refractivity (Wildman–Crippen MR) is 306 cm³/mol. The summed E-state index contributed by atoms with van der Waals surface area (Å²) in [6.07, 6.45) is 53.3. The van der Waals surface area contributed by atoms with Crippen molar-refractivity contribution in [1.29, 1.82) is 0 Å². The van der Waals surface area contributed by atoms with Crippen LogP contribution in [0.4, 0.5) is 11.4 Å². The molecule has 0 aliphatic rings. The third-order valence-electron chi connectivity index (χ3n) is 13.9. The van der Waals surface area contributed by atoms with Crippen molar-refractivity contribution < 1.29 is 24.4 Å². The Morgan fingerprint density at radius 1 is 0.310 bits per heavy atom. The number of aliphatic imine (C=N–C) groups is 2. The highest BCUT2D eigenvalue weighted by atomic mass is 16.5. The minimum atomic E-state index is 0.113. The zero-order valence-corrected chi connectivity index (χ0v) is 45.9. The molecule has 0 aliphatic heterocycles. The molecule has 0 unspecified atom stereocenters. The molecule has 0 heterocycles. The molecule has 0 spiro atoms. The third kappa shape index (κ3) is 31.9. The fraction of sp³-hybridized carbons (Fsp3) is 0.688. The average molecular weight is 982 g/mol. The first-order valence-electron chi connectivity index (χ1n) is 29.8. The highest BCUT2D eigenvalue weighted by Crippen LogP contribution is 2.34. The molecule has 3 aromatic carbocycles. The van der Waals surface area contributed by atoms with E-state index >= 15 is 0 Å². The second-order valence-electron chi connectivity index (χ2n) is 20.5.